The van der Waals surface area contributed by atoms with E-state index >= 15 is 0 Å². The standard InChI is InChI=1S/C19H22NO6P/c1-20-8-7-18-14-10-3-4-11(26-27)15(14)25-16(18)12(24-17(21)23-2)5-6-19(18,22)13(20)9-10/h3-5,13,16,22H,6-9,27H2,1-2H3/t13-,16+,18+,19-/m0/s1. The Hall–Kier alpha value is -1.82. The molecule has 8 heteroatoms. The predicted molar refractivity (Wildman–Crippen MR) is 98.8 cm³/mol. The molecule has 1 aromatic carbocycles. The van der Waals surface area contributed by atoms with Gasteiger partial charge in [0.25, 0.3) is 0 Å². The number of carbonyl (C=O) groups excluding carboxylic acids is 1. The van der Waals surface area contributed by atoms with Crippen molar-refractivity contribution in [1.82, 2.24) is 4.90 Å². The molecule has 0 saturated carbocycles. The summed E-state index contributed by atoms with van der Waals surface area (Å²) in [6.45, 7) is 0.823. The number of hydrogen-bond donors (Lipinski definition) is 1. The SMILES string of the molecule is COC(=O)OC1=CC[C@]2(O)[C@@H]3Cc4ccc(OP)c5c4[C@]2(CCN3C)[C@@H]1O5. The quantitative estimate of drug-likeness (QED) is 0.610. The van der Waals surface area contributed by atoms with Gasteiger partial charge in [-0.2, -0.15) is 0 Å². The summed E-state index contributed by atoms with van der Waals surface area (Å²) in [6.07, 6.45) is 2.21. The topological polar surface area (TPSA) is 77.5 Å². The van der Waals surface area contributed by atoms with Crippen LogP contribution < -0.4 is 9.26 Å². The summed E-state index contributed by atoms with van der Waals surface area (Å²) in [7, 11) is 5.57. The Bertz CT molecular complexity index is 872. The Kier molecular flexibility index (Phi) is 3.58. The molecule has 27 heavy (non-hydrogen) atoms. The Morgan fingerprint density at radius 3 is 3.00 bits per heavy atom. The molecular weight excluding hydrogens is 369 g/mol. The molecule has 0 radical (unpaired) electrons. The molecule has 0 aromatic heterocycles. The van der Waals surface area contributed by atoms with Crippen LogP contribution in [0.3, 0.4) is 0 Å². The third kappa shape index (κ3) is 1.95. The first kappa shape index (κ1) is 17.3. The van der Waals surface area contributed by atoms with Gasteiger partial charge in [-0.25, -0.2) is 4.79 Å². The molecule has 5 rings (SSSR count). The lowest BCUT2D eigenvalue weighted by Gasteiger charge is -2.61. The van der Waals surface area contributed by atoms with E-state index in [9.17, 15) is 9.90 Å². The maximum absolute atomic E-state index is 12.0. The summed E-state index contributed by atoms with van der Waals surface area (Å²) in [6, 6.07) is 3.91. The zero-order valence-corrected chi connectivity index (χ0v) is 16.4. The van der Waals surface area contributed by atoms with Crippen molar-refractivity contribution in [3.05, 3.63) is 35.1 Å². The number of likely N-dealkylation sites (N-methyl/N-ethyl adjacent to an activating group) is 1. The second-order valence-corrected chi connectivity index (χ2v) is 7.99. The average molecular weight is 391 g/mol. The van der Waals surface area contributed by atoms with E-state index in [0.717, 1.165) is 24.1 Å². The number of ether oxygens (including phenoxy) is 3. The van der Waals surface area contributed by atoms with Crippen molar-refractivity contribution < 1.29 is 28.6 Å². The molecule has 5 atom stereocenters. The van der Waals surface area contributed by atoms with E-state index < -0.39 is 23.3 Å². The zero-order chi connectivity index (χ0) is 19.0. The fourth-order valence-corrected chi connectivity index (χ4v) is 5.84. The average Bonchev–Trinajstić information content (AvgIpc) is 3.02. The van der Waals surface area contributed by atoms with Crippen LogP contribution in [0.2, 0.25) is 0 Å². The van der Waals surface area contributed by atoms with Crippen LogP contribution in [-0.2, 0) is 21.3 Å². The van der Waals surface area contributed by atoms with Gasteiger partial charge >= 0.3 is 6.16 Å². The summed E-state index contributed by atoms with van der Waals surface area (Å²) in [5.41, 5.74) is 0.465. The van der Waals surface area contributed by atoms with Crippen LogP contribution in [0.25, 0.3) is 0 Å². The van der Waals surface area contributed by atoms with Gasteiger partial charge in [-0.3, -0.25) is 0 Å². The fourth-order valence-electron chi connectivity index (χ4n) is 5.66. The number of benzene rings is 1. The summed E-state index contributed by atoms with van der Waals surface area (Å²) < 4.78 is 21.9. The van der Waals surface area contributed by atoms with Gasteiger partial charge in [0.15, 0.2) is 17.6 Å². The number of rotatable bonds is 2. The Morgan fingerprint density at radius 2 is 2.26 bits per heavy atom. The van der Waals surface area contributed by atoms with Crippen LogP contribution >= 0.6 is 9.47 Å². The molecule has 4 aliphatic rings. The van der Waals surface area contributed by atoms with E-state index in [1.54, 1.807) is 6.08 Å². The Labute approximate surface area is 159 Å². The largest absolute Gasteiger partial charge is 0.513 e. The molecule has 1 fully saturated rings. The third-order valence-corrected chi connectivity index (χ3v) is 7.09. The lowest BCUT2D eigenvalue weighted by molar-refractivity contribution is -0.163. The van der Waals surface area contributed by atoms with Crippen molar-refractivity contribution in [2.45, 2.75) is 42.4 Å². The van der Waals surface area contributed by atoms with Gasteiger partial charge in [-0.1, -0.05) is 6.07 Å². The number of carbonyl (C=O) groups is 1. The lowest BCUT2D eigenvalue weighted by atomic mass is 9.50. The molecular formula is C19H22NO6P. The fraction of sp³-hybridized carbons (Fsp3) is 0.526. The molecule has 1 spiro atoms. The van der Waals surface area contributed by atoms with Crippen molar-refractivity contribution in [2.75, 3.05) is 20.7 Å². The maximum Gasteiger partial charge on any atom is 0.513 e. The maximum atomic E-state index is 12.0. The van der Waals surface area contributed by atoms with E-state index in [2.05, 4.69) is 32.2 Å². The first-order valence-electron chi connectivity index (χ1n) is 9.04. The minimum Gasteiger partial charge on any atom is -0.477 e. The molecule has 0 amide bonds. The highest BCUT2D eigenvalue weighted by molar-refractivity contribution is 7.10. The third-order valence-electron chi connectivity index (χ3n) is 6.83. The molecule has 2 heterocycles. The van der Waals surface area contributed by atoms with E-state index in [-0.39, 0.29) is 6.04 Å². The van der Waals surface area contributed by atoms with Crippen molar-refractivity contribution >= 4 is 15.6 Å². The van der Waals surface area contributed by atoms with Gasteiger partial charge in [0.05, 0.1) is 27.6 Å². The molecule has 2 aliphatic heterocycles. The summed E-state index contributed by atoms with van der Waals surface area (Å²) >= 11 is 0. The van der Waals surface area contributed by atoms with Crippen LogP contribution in [0.15, 0.2) is 24.0 Å². The molecule has 2 bridgehead atoms. The smallest absolute Gasteiger partial charge is 0.477 e. The Balaban J connectivity index is 1.75. The summed E-state index contributed by atoms with van der Waals surface area (Å²) in [5, 5.41) is 12.0. The monoisotopic (exact) mass is 391 g/mol. The van der Waals surface area contributed by atoms with E-state index in [1.807, 2.05) is 6.07 Å². The van der Waals surface area contributed by atoms with Gasteiger partial charge in [-0.15, -0.1) is 0 Å². The predicted octanol–water partition coefficient (Wildman–Crippen LogP) is 1.92. The molecule has 144 valence electrons. The van der Waals surface area contributed by atoms with Gasteiger partial charge in [0.2, 0.25) is 0 Å². The second kappa shape index (κ2) is 5.60. The number of hydrogen-bond acceptors (Lipinski definition) is 7. The highest BCUT2D eigenvalue weighted by Gasteiger charge is 2.72. The summed E-state index contributed by atoms with van der Waals surface area (Å²) in [4.78, 5) is 14.0. The Morgan fingerprint density at radius 1 is 1.44 bits per heavy atom. The summed E-state index contributed by atoms with van der Waals surface area (Å²) in [5.74, 6) is 1.63. The number of nitrogens with zero attached hydrogens (tertiary/aromatic N) is 1. The van der Waals surface area contributed by atoms with E-state index in [1.165, 1.54) is 7.11 Å². The van der Waals surface area contributed by atoms with Crippen molar-refractivity contribution in [2.24, 2.45) is 0 Å². The van der Waals surface area contributed by atoms with Gasteiger partial charge in [0.1, 0.15) is 5.76 Å². The van der Waals surface area contributed by atoms with Crippen molar-refractivity contribution in [3.63, 3.8) is 0 Å². The number of piperidine rings is 1. The zero-order valence-electron chi connectivity index (χ0n) is 15.2. The first-order valence-corrected chi connectivity index (χ1v) is 9.51. The van der Waals surface area contributed by atoms with Crippen LogP contribution in [0.4, 0.5) is 4.79 Å². The van der Waals surface area contributed by atoms with Crippen LogP contribution in [0.5, 0.6) is 11.5 Å². The number of likely N-dealkylation sites (tertiary alicyclic amines) is 1. The molecule has 1 saturated heterocycles. The van der Waals surface area contributed by atoms with Crippen LogP contribution in [0.1, 0.15) is 24.0 Å². The van der Waals surface area contributed by atoms with E-state index in [0.29, 0.717) is 30.1 Å². The van der Waals surface area contributed by atoms with Crippen LogP contribution in [0, 0.1) is 0 Å². The van der Waals surface area contributed by atoms with Crippen molar-refractivity contribution in [3.8, 4) is 11.5 Å². The number of methoxy groups -OCH3 is 1. The molecule has 7 nitrogen and oxygen atoms in total. The molecule has 1 unspecified atom stereocenters. The normalized spacial score (nSPS) is 35.6. The first-order chi connectivity index (χ1) is 13.0. The molecule has 2 aliphatic carbocycles. The molecule has 1 aromatic rings. The number of aliphatic hydroxyl groups is 1. The van der Waals surface area contributed by atoms with E-state index in [4.69, 9.17) is 14.0 Å². The van der Waals surface area contributed by atoms with Gasteiger partial charge < -0.3 is 28.7 Å². The minimum absolute atomic E-state index is 0.0329. The lowest BCUT2D eigenvalue weighted by Crippen LogP contribution is -2.74. The van der Waals surface area contributed by atoms with Crippen LogP contribution in [-0.4, -0.2) is 54.6 Å². The van der Waals surface area contributed by atoms with Crippen molar-refractivity contribution in [1.29, 1.82) is 0 Å². The molecule has 1 N–H and O–H groups in total. The van der Waals surface area contributed by atoms with Gasteiger partial charge in [-0.05, 0) is 44.1 Å². The highest BCUT2D eigenvalue weighted by Crippen LogP contribution is 2.65. The van der Waals surface area contributed by atoms with Gasteiger partial charge in [0, 0.05) is 18.0 Å². The highest BCUT2D eigenvalue weighted by atomic mass is 31.0. The minimum atomic E-state index is -1.01. The second-order valence-electron chi connectivity index (χ2n) is 7.76.